The van der Waals surface area contributed by atoms with Gasteiger partial charge in [0.05, 0.1) is 43.0 Å². The predicted molar refractivity (Wildman–Crippen MR) is 117 cm³/mol. The number of aliphatic hydroxyl groups is 1. The normalized spacial score (nSPS) is 17.8. The highest BCUT2D eigenvalue weighted by Crippen LogP contribution is 2.43. The maximum atomic E-state index is 13.0. The molecule has 2 aromatic carbocycles. The third-order valence-corrected chi connectivity index (χ3v) is 5.41. The summed E-state index contributed by atoms with van der Waals surface area (Å²) >= 11 is 6.29. The van der Waals surface area contributed by atoms with Crippen molar-refractivity contribution < 1.29 is 28.9 Å². The van der Waals surface area contributed by atoms with E-state index in [1.54, 1.807) is 43.3 Å². The molecule has 0 aromatic heterocycles. The van der Waals surface area contributed by atoms with Gasteiger partial charge in [-0.05, 0) is 42.3 Å². The molecule has 1 unspecified atom stereocenters. The Balaban J connectivity index is 2.27. The second-order valence-corrected chi connectivity index (χ2v) is 7.50. The Labute approximate surface area is 185 Å². The van der Waals surface area contributed by atoms with Crippen molar-refractivity contribution in [3.05, 3.63) is 63.7 Å². The highest BCUT2D eigenvalue weighted by Gasteiger charge is 2.46. The van der Waals surface area contributed by atoms with E-state index in [1.165, 1.54) is 26.2 Å². The van der Waals surface area contributed by atoms with Crippen molar-refractivity contribution in [2.75, 3.05) is 34.5 Å². The van der Waals surface area contributed by atoms with E-state index in [-0.39, 0.29) is 40.8 Å². The molecule has 1 saturated heterocycles. The lowest BCUT2D eigenvalue weighted by Gasteiger charge is -2.25. The molecular formula is C23H24ClNO6. The van der Waals surface area contributed by atoms with Gasteiger partial charge >= 0.3 is 0 Å². The summed E-state index contributed by atoms with van der Waals surface area (Å²) in [6.45, 7) is 2.21. The van der Waals surface area contributed by atoms with Gasteiger partial charge in [0.1, 0.15) is 17.3 Å². The van der Waals surface area contributed by atoms with Gasteiger partial charge in [-0.15, -0.1) is 0 Å². The maximum Gasteiger partial charge on any atom is 0.295 e. The lowest BCUT2D eigenvalue weighted by Crippen LogP contribution is -2.32. The number of benzene rings is 2. The summed E-state index contributed by atoms with van der Waals surface area (Å²) < 4.78 is 15.8. The second kappa shape index (κ2) is 9.41. The van der Waals surface area contributed by atoms with E-state index in [4.69, 9.17) is 25.8 Å². The zero-order chi connectivity index (χ0) is 22.7. The molecule has 164 valence electrons. The Hall–Kier alpha value is -3.03. The van der Waals surface area contributed by atoms with Gasteiger partial charge in [0, 0.05) is 13.7 Å². The lowest BCUT2D eigenvalue weighted by molar-refractivity contribution is -0.140. The highest BCUT2D eigenvalue weighted by molar-refractivity contribution is 6.46. The van der Waals surface area contributed by atoms with Crippen LogP contribution >= 0.6 is 11.6 Å². The monoisotopic (exact) mass is 445 g/mol. The molecule has 1 fully saturated rings. The minimum Gasteiger partial charge on any atom is -0.507 e. The summed E-state index contributed by atoms with van der Waals surface area (Å²) in [5.41, 5.74) is 1.58. The number of likely N-dealkylation sites (tertiary alicyclic amines) is 1. The fourth-order valence-corrected chi connectivity index (χ4v) is 4.07. The minimum atomic E-state index is -0.825. The molecule has 0 saturated carbocycles. The van der Waals surface area contributed by atoms with Crippen LogP contribution in [0.4, 0.5) is 0 Å². The van der Waals surface area contributed by atoms with Crippen LogP contribution in [0.25, 0.3) is 5.76 Å². The fourth-order valence-electron chi connectivity index (χ4n) is 3.72. The molecule has 1 heterocycles. The smallest absolute Gasteiger partial charge is 0.295 e. The van der Waals surface area contributed by atoms with Gasteiger partial charge in [-0.25, -0.2) is 0 Å². The molecule has 3 rings (SSSR count). The molecule has 0 spiro atoms. The summed E-state index contributed by atoms with van der Waals surface area (Å²) in [6, 6.07) is 9.54. The van der Waals surface area contributed by atoms with Crippen LogP contribution in [0.2, 0.25) is 5.02 Å². The molecule has 0 aliphatic carbocycles. The maximum absolute atomic E-state index is 13.0. The molecule has 1 atom stereocenters. The summed E-state index contributed by atoms with van der Waals surface area (Å²) in [5.74, 6) is -1.08. The third-order valence-electron chi connectivity index (χ3n) is 5.13. The van der Waals surface area contributed by atoms with Gasteiger partial charge in [-0.3, -0.25) is 9.59 Å². The van der Waals surface area contributed by atoms with Crippen LogP contribution in [-0.2, 0) is 14.3 Å². The molecule has 0 bridgehead atoms. The minimum absolute atomic E-state index is 0.0469. The number of amides is 1. The van der Waals surface area contributed by atoms with Crippen molar-refractivity contribution in [3.63, 3.8) is 0 Å². The van der Waals surface area contributed by atoms with Crippen molar-refractivity contribution in [1.29, 1.82) is 0 Å². The first-order chi connectivity index (χ1) is 14.8. The first-order valence-electron chi connectivity index (χ1n) is 9.59. The topological polar surface area (TPSA) is 85.3 Å². The van der Waals surface area contributed by atoms with Gasteiger partial charge in [-0.2, -0.15) is 0 Å². The number of carbonyl (C=O) groups excluding carboxylic acids is 2. The molecule has 8 heteroatoms. The Morgan fingerprint density at radius 2 is 1.87 bits per heavy atom. The fraction of sp³-hybridized carbons (Fsp3) is 0.304. The Morgan fingerprint density at radius 1 is 1.13 bits per heavy atom. The van der Waals surface area contributed by atoms with E-state index >= 15 is 0 Å². The number of hydrogen-bond donors (Lipinski definition) is 1. The SMILES string of the molecule is COCCN1C(=O)C(=O)/C(=C(/O)c2cc(C)cc(Cl)c2OC)C1c1cccc(OC)c1. The van der Waals surface area contributed by atoms with E-state index in [0.29, 0.717) is 11.3 Å². The lowest BCUT2D eigenvalue weighted by atomic mass is 9.94. The first-order valence-corrected chi connectivity index (χ1v) is 9.97. The molecule has 31 heavy (non-hydrogen) atoms. The number of carbonyl (C=O) groups is 2. The highest BCUT2D eigenvalue weighted by atomic mass is 35.5. The standard InChI is InChI=1S/C23H24ClNO6/c1-13-10-16(22(31-4)17(24)11-13)20(26)18-19(14-6-5-7-15(12-14)30-3)25(8-9-29-2)23(28)21(18)27/h5-7,10-12,19,26H,8-9H2,1-4H3/b20-18+. The summed E-state index contributed by atoms with van der Waals surface area (Å²) in [7, 11) is 4.46. The van der Waals surface area contributed by atoms with Crippen LogP contribution in [-0.4, -0.2) is 56.2 Å². The predicted octanol–water partition coefficient (Wildman–Crippen LogP) is 3.73. The number of halogens is 1. The van der Waals surface area contributed by atoms with Crippen LogP contribution in [0.15, 0.2) is 42.0 Å². The zero-order valence-corrected chi connectivity index (χ0v) is 18.5. The van der Waals surface area contributed by atoms with E-state index < -0.39 is 17.7 Å². The molecule has 1 aliphatic rings. The molecule has 2 aromatic rings. The van der Waals surface area contributed by atoms with E-state index in [2.05, 4.69) is 0 Å². The Morgan fingerprint density at radius 3 is 2.52 bits per heavy atom. The van der Waals surface area contributed by atoms with E-state index in [0.717, 1.165) is 5.56 Å². The average Bonchev–Trinajstić information content (AvgIpc) is 3.01. The molecule has 1 N–H and O–H groups in total. The number of Topliss-reactive ketones (excluding diaryl/α,β-unsaturated/α-hetero) is 1. The molecule has 7 nitrogen and oxygen atoms in total. The largest absolute Gasteiger partial charge is 0.507 e. The Bertz CT molecular complexity index is 1050. The summed E-state index contributed by atoms with van der Waals surface area (Å²) in [6.07, 6.45) is 0. The van der Waals surface area contributed by atoms with E-state index in [9.17, 15) is 14.7 Å². The quantitative estimate of drug-likeness (QED) is 0.397. The number of aryl methyl sites for hydroxylation is 1. The van der Waals surface area contributed by atoms with Crippen LogP contribution in [0.1, 0.15) is 22.7 Å². The van der Waals surface area contributed by atoms with Gasteiger partial charge < -0.3 is 24.2 Å². The van der Waals surface area contributed by atoms with Crippen molar-refractivity contribution >= 4 is 29.1 Å². The van der Waals surface area contributed by atoms with Crippen molar-refractivity contribution in [1.82, 2.24) is 4.90 Å². The van der Waals surface area contributed by atoms with Crippen molar-refractivity contribution in [3.8, 4) is 11.5 Å². The first kappa shape index (κ1) is 22.7. The van der Waals surface area contributed by atoms with Gasteiger partial charge in [0.2, 0.25) is 0 Å². The van der Waals surface area contributed by atoms with E-state index in [1.807, 2.05) is 0 Å². The number of methoxy groups -OCH3 is 3. The third kappa shape index (κ3) is 4.24. The van der Waals surface area contributed by atoms with Crippen LogP contribution in [0, 0.1) is 6.92 Å². The summed E-state index contributed by atoms with van der Waals surface area (Å²) in [5, 5.41) is 11.5. The molecular weight excluding hydrogens is 422 g/mol. The van der Waals surface area contributed by atoms with Crippen LogP contribution in [0.3, 0.4) is 0 Å². The van der Waals surface area contributed by atoms with Crippen molar-refractivity contribution in [2.45, 2.75) is 13.0 Å². The average molecular weight is 446 g/mol. The van der Waals surface area contributed by atoms with Crippen LogP contribution < -0.4 is 9.47 Å². The van der Waals surface area contributed by atoms with Crippen LogP contribution in [0.5, 0.6) is 11.5 Å². The van der Waals surface area contributed by atoms with Gasteiger partial charge in [-0.1, -0.05) is 23.7 Å². The number of rotatable bonds is 7. The summed E-state index contributed by atoms with van der Waals surface area (Å²) in [4.78, 5) is 27.3. The molecule has 0 radical (unpaired) electrons. The second-order valence-electron chi connectivity index (χ2n) is 7.09. The number of aliphatic hydroxyl groups excluding tert-OH is 1. The van der Waals surface area contributed by atoms with Crippen molar-refractivity contribution in [2.24, 2.45) is 0 Å². The zero-order valence-electron chi connectivity index (χ0n) is 17.8. The number of ether oxygens (including phenoxy) is 3. The number of ketones is 1. The number of nitrogens with zero attached hydrogens (tertiary/aromatic N) is 1. The van der Waals surface area contributed by atoms with Gasteiger partial charge in [0.15, 0.2) is 0 Å². The molecule has 1 amide bonds. The van der Waals surface area contributed by atoms with Gasteiger partial charge in [0.25, 0.3) is 11.7 Å². The Kier molecular flexibility index (Phi) is 6.87. The number of hydrogen-bond acceptors (Lipinski definition) is 6. The molecule has 1 aliphatic heterocycles.